The number of ether oxygens (including phenoxy) is 2. The molecule has 2 aromatic carbocycles. The van der Waals surface area contributed by atoms with Crippen LogP contribution in [0.1, 0.15) is 27.4 Å². The molecule has 0 fully saturated rings. The molecule has 3 rings (SSSR count). The lowest BCUT2D eigenvalue weighted by Crippen LogP contribution is -2.15. The number of aryl methyl sites for hydroxylation is 3. The van der Waals surface area contributed by atoms with Crippen molar-refractivity contribution in [3.63, 3.8) is 0 Å². The summed E-state index contributed by atoms with van der Waals surface area (Å²) < 4.78 is 10.5. The zero-order chi connectivity index (χ0) is 21.0. The number of amides is 1. The number of hydrogen-bond donors (Lipinski definition) is 2. The molecule has 0 aliphatic heterocycles. The van der Waals surface area contributed by atoms with Crippen molar-refractivity contribution in [3.05, 3.63) is 65.1 Å². The second-order valence-electron chi connectivity index (χ2n) is 6.65. The van der Waals surface area contributed by atoms with E-state index in [2.05, 4.69) is 20.6 Å². The van der Waals surface area contributed by atoms with Gasteiger partial charge in [0.05, 0.1) is 14.2 Å². The number of rotatable bonds is 6. The normalized spacial score (nSPS) is 10.4. The van der Waals surface area contributed by atoms with Crippen LogP contribution >= 0.6 is 0 Å². The second kappa shape index (κ2) is 8.60. The van der Waals surface area contributed by atoms with Crippen LogP contribution in [-0.2, 0) is 0 Å². The van der Waals surface area contributed by atoms with Gasteiger partial charge in [0.2, 0.25) is 0 Å². The highest BCUT2D eigenvalue weighted by Crippen LogP contribution is 2.30. The summed E-state index contributed by atoms with van der Waals surface area (Å²) in [5, 5.41) is 6.11. The third kappa shape index (κ3) is 4.82. The smallest absolute Gasteiger partial charge is 0.274 e. The van der Waals surface area contributed by atoms with Crippen LogP contribution in [0.2, 0.25) is 0 Å². The van der Waals surface area contributed by atoms with E-state index in [1.165, 1.54) is 0 Å². The highest BCUT2D eigenvalue weighted by molar-refractivity contribution is 6.03. The topological polar surface area (TPSA) is 85.4 Å². The van der Waals surface area contributed by atoms with Gasteiger partial charge in [-0.1, -0.05) is 12.1 Å². The monoisotopic (exact) mass is 392 g/mol. The predicted octanol–water partition coefficient (Wildman–Crippen LogP) is 4.41. The maximum Gasteiger partial charge on any atom is 0.274 e. The van der Waals surface area contributed by atoms with Crippen LogP contribution in [0.5, 0.6) is 11.5 Å². The Morgan fingerprint density at radius 3 is 2.38 bits per heavy atom. The number of carbonyl (C=O) groups excluding carboxylic acids is 1. The van der Waals surface area contributed by atoms with E-state index in [0.29, 0.717) is 28.8 Å². The van der Waals surface area contributed by atoms with Gasteiger partial charge in [0, 0.05) is 23.5 Å². The van der Waals surface area contributed by atoms with Gasteiger partial charge in [0.25, 0.3) is 5.91 Å². The third-order valence-corrected chi connectivity index (χ3v) is 4.37. The van der Waals surface area contributed by atoms with Crippen LogP contribution in [0.3, 0.4) is 0 Å². The molecule has 0 atom stereocenters. The minimum atomic E-state index is -0.341. The standard InChI is InChI=1S/C22H24N4O3/c1-13-6-7-14(2)17(10-13)26-21-12-18(23-15(3)24-21)22(27)25-16-8-9-19(28-4)20(11-16)29-5/h6-12H,1-5H3,(H,25,27)(H,23,24,26). The van der Waals surface area contributed by atoms with Crippen LogP contribution in [0.25, 0.3) is 0 Å². The van der Waals surface area contributed by atoms with E-state index in [1.807, 2.05) is 32.0 Å². The SMILES string of the molecule is COc1ccc(NC(=O)c2cc(Nc3cc(C)ccc3C)nc(C)n2)cc1OC. The van der Waals surface area contributed by atoms with E-state index in [4.69, 9.17) is 9.47 Å². The van der Waals surface area contributed by atoms with E-state index in [0.717, 1.165) is 16.8 Å². The Morgan fingerprint density at radius 2 is 1.66 bits per heavy atom. The summed E-state index contributed by atoms with van der Waals surface area (Å²) in [6.07, 6.45) is 0. The fourth-order valence-electron chi connectivity index (χ4n) is 2.87. The molecule has 0 aliphatic carbocycles. The van der Waals surface area contributed by atoms with Gasteiger partial charge >= 0.3 is 0 Å². The molecule has 2 N–H and O–H groups in total. The number of nitrogens with one attached hydrogen (secondary N) is 2. The molecule has 0 aliphatic rings. The van der Waals surface area contributed by atoms with Crippen molar-refractivity contribution in [1.82, 2.24) is 9.97 Å². The Balaban J connectivity index is 1.83. The molecule has 0 unspecified atom stereocenters. The molecule has 3 aromatic rings. The highest BCUT2D eigenvalue weighted by atomic mass is 16.5. The molecular weight excluding hydrogens is 368 g/mol. The Morgan fingerprint density at radius 1 is 0.897 bits per heavy atom. The van der Waals surface area contributed by atoms with E-state index in [1.54, 1.807) is 45.4 Å². The lowest BCUT2D eigenvalue weighted by molar-refractivity contribution is 0.102. The number of hydrogen-bond acceptors (Lipinski definition) is 6. The van der Waals surface area contributed by atoms with Gasteiger partial charge in [-0.3, -0.25) is 4.79 Å². The van der Waals surface area contributed by atoms with Crippen LogP contribution in [0.15, 0.2) is 42.5 Å². The molecule has 1 amide bonds. The summed E-state index contributed by atoms with van der Waals surface area (Å²) in [6, 6.07) is 12.9. The zero-order valence-corrected chi connectivity index (χ0v) is 17.2. The maximum absolute atomic E-state index is 12.7. The average molecular weight is 392 g/mol. The van der Waals surface area contributed by atoms with Crippen molar-refractivity contribution >= 4 is 23.1 Å². The number of carbonyl (C=O) groups is 1. The number of nitrogens with zero attached hydrogens (tertiary/aromatic N) is 2. The number of methoxy groups -OCH3 is 2. The first-order valence-electron chi connectivity index (χ1n) is 9.13. The molecule has 0 bridgehead atoms. The molecule has 7 heteroatoms. The summed E-state index contributed by atoms with van der Waals surface area (Å²) in [5.74, 6) is 1.83. The van der Waals surface area contributed by atoms with Crippen molar-refractivity contribution < 1.29 is 14.3 Å². The molecule has 1 heterocycles. The van der Waals surface area contributed by atoms with Crippen molar-refractivity contribution in [2.75, 3.05) is 24.9 Å². The first-order chi connectivity index (χ1) is 13.9. The quantitative estimate of drug-likeness (QED) is 0.646. The largest absolute Gasteiger partial charge is 0.493 e. The van der Waals surface area contributed by atoms with Gasteiger partial charge in [-0.2, -0.15) is 0 Å². The van der Waals surface area contributed by atoms with Crippen LogP contribution < -0.4 is 20.1 Å². The van der Waals surface area contributed by atoms with Gasteiger partial charge in [0.15, 0.2) is 11.5 Å². The van der Waals surface area contributed by atoms with E-state index >= 15 is 0 Å². The van der Waals surface area contributed by atoms with Crippen LogP contribution in [-0.4, -0.2) is 30.1 Å². The maximum atomic E-state index is 12.7. The number of benzene rings is 2. The molecule has 1 aromatic heterocycles. The lowest BCUT2D eigenvalue weighted by Gasteiger charge is -2.12. The first-order valence-corrected chi connectivity index (χ1v) is 9.13. The number of anilines is 3. The van der Waals surface area contributed by atoms with E-state index in [-0.39, 0.29) is 11.6 Å². The molecule has 0 spiro atoms. The average Bonchev–Trinajstić information content (AvgIpc) is 2.70. The first kappa shape index (κ1) is 20.1. The van der Waals surface area contributed by atoms with Crippen LogP contribution in [0.4, 0.5) is 17.2 Å². The summed E-state index contributed by atoms with van der Waals surface area (Å²) in [6.45, 7) is 5.79. The zero-order valence-electron chi connectivity index (χ0n) is 17.2. The third-order valence-electron chi connectivity index (χ3n) is 4.37. The predicted molar refractivity (Wildman–Crippen MR) is 113 cm³/mol. The van der Waals surface area contributed by atoms with Crippen molar-refractivity contribution in [2.24, 2.45) is 0 Å². The molecule has 29 heavy (non-hydrogen) atoms. The van der Waals surface area contributed by atoms with Gasteiger partial charge in [-0.15, -0.1) is 0 Å². The van der Waals surface area contributed by atoms with Gasteiger partial charge < -0.3 is 20.1 Å². The van der Waals surface area contributed by atoms with E-state index < -0.39 is 0 Å². The Kier molecular flexibility index (Phi) is 5.97. The fourth-order valence-corrected chi connectivity index (χ4v) is 2.87. The summed E-state index contributed by atoms with van der Waals surface area (Å²) in [4.78, 5) is 21.4. The molecule has 0 saturated heterocycles. The van der Waals surface area contributed by atoms with Crippen LogP contribution in [0, 0.1) is 20.8 Å². The summed E-state index contributed by atoms with van der Waals surface area (Å²) in [7, 11) is 3.10. The molecular formula is C22H24N4O3. The minimum Gasteiger partial charge on any atom is -0.493 e. The van der Waals surface area contributed by atoms with E-state index in [9.17, 15) is 4.79 Å². The molecule has 0 saturated carbocycles. The second-order valence-corrected chi connectivity index (χ2v) is 6.65. The van der Waals surface area contributed by atoms with Crippen molar-refractivity contribution in [1.29, 1.82) is 0 Å². The summed E-state index contributed by atoms with van der Waals surface area (Å²) in [5.41, 5.74) is 4.00. The van der Waals surface area contributed by atoms with Crippen molar-refractivity contribution in [2.45, 2.75) is 20.8 Å². The van der Waals surface area contributed by atoms with Gasteiger partial charge in [0.1, 0.15) is 17.3 Å². The Hall–Kier alpha value is -3.61. The molecule has 0 radical (unpaired) electrons. The van der Waals surface area contributed by atoms with Gasteiger partial charge in [-0.05, 0) is 50.1 Å². The fraction of sp³-hybridized carbons (Fsp3) is 0.227. The van der Waals surface area contributed by atoms with Gasteiger partial charge in [-0.25, -0.2) is 9.97 Å². The summed E-state index contributed by atoms with van der Waals surface area (Å²) >= 11 is 0. The lowest BCUT2D eigenvalue weighted by atomic mass is 10.1. The highest BCUT2D eigenvalue weighted by Gasteiger charge is 2.13. The molecule has 150 valence electrons. The number of aromatic nitrogens is 2. The Bertz CT molecular complexity index is 1050. The minimum absolute atomic E-state index is 0.264. The van der Waals surface area contributed by atoms with Crippen molar-refractivity contribution in [3.8, 4) is 11.5 Å². The molecule has 7 nitrogen and oxygen atoms in total. The Labute approximate surface area is 170 Å².